The van der Waals surface area contributed by atoms with Gasteiger partial charge in [0.15, 0.2) is 0 Å². The largest absolute Gasteiger partial charge is 0.339 e. The topological polar surface area (TPSA) is 57.7 Å². The molecule has 3 aliphatic carbocycles. The first-order chi connectivity index (χ1) is 13.6. The summed E-state index contributed by atoms with van der Waals surface area (Å²) >= 11 is 0. The molecule has 3 amide bonds. The molecule has 0 N–H and O–H groups in total. The zero-order valence-corrected chi connectivity index (χ0v) is 16.2. The number of rotatable bonds is 3. The number of allylic oxidation sites excluding steroid dienone is 2. The minimum Gasteiger partial charge on any atom is -0.339 e. The minimum atomic E-state index is -0.193. The highest BCUT2D eigenvalue weighted by atomic mass is 16.2. The number of carbonyl (C=O) groups is 3. The Morgan fingerprint density at radius 3 is 2.07 bits per heavy atom. The van der Waals surface area contributed by atoms with Gasteiger partial charge < -0.3 is 4.90 Å². The molecule has 1 aliphatic heterocycles. The molecule has 28 heavy (non-hydrogen) atoms. The molecule has 0 spiro atoms. The van der Waals surface area contributed by atoms with Crippen molar-refractivity contribution in [1.29, 1.82) is 0 Å². The molecular weight excluding hydrogens is 352 g/mol. The van der Waals surface area contributed by atoms with Crippen LogP contribution in [0.1, 0.15) is 48.9 Å². The first kappa shape index (κ1) is 17.7. The summed E-state index contributed by atoms with van der Waals surface area (Å²) in [5, 5.41) is 0. The summed E-state index contributed by atoms with van der Waals surface area (Å²) in [6, 6.07) is 7.30. The highest BCUT2D eigenvalue weighted by Crippen LogP contribution is 2.53. The molecule has 0 radical (unpaired) electrons. The van der Waals surface area contributed by atoms with Crippen molar-refractivity contribution < 1.29 is 14.4 Å². The SMILES string of the molecule is CN(C(=O)c1ccc(N2C(=O)[C@@H]3[C@H](C2=O)[C@H]2C=C[C@H]3C2)cc1)C1CCCCC1. The lowest BCUT2D eigenvalue weighted by Gasteiger charge is -2.31. The Morgan fingerprint density at radius 1 is 0.929 bits per heavy atom. The minimum absolute atomic E-state index is 0.0108. The van der Waals surface area contributed by atoms with Gasteiger partial charge in [0, 0.05) is 18.7 Å². The van der Waals surface area contributed by atoms with E-state index in [-0.39, 0.29) is 41.4 Å². The van der Waals surface area contributed by atoms with Gasteiger partial charge in [-0.1, -0.05) is 31.4 Å². The number of anilines is 1. The number of amides is 3. The number of fused-ring (bicyclic) bond motifs is 5. The van der Waals surface area contributed by atoms with E-state index in [1.54, 1.807) is 24.3 Å². The van der Waals surface area contributed by atoms with Gasteiger partial charge in [-0.05, 0) is 55.4 Å². The smallest absolute Gasteiger partial charge is 0.253 e. The Balaban J connectivity index is 1.34. The average molecular weight is 378 g/mol. The van der Waals surface area contributed by atoms with Crippen LogP contribution in [-0.4, -0.2) is 35.7 Å². The fourth-order valence-corrected chi connectivity index (χ4v) is 5.75. The van der Waals surface area contributed by atoms with Crippen molar-refractivity contribution in [2.24, 2.45) is 23.7 Å². The van der Waals surface area contributed by atoms with Crippen molar-refractivity contribution >= 4 is 23.4 Å². The number of benzene rings is 1. The highest BCUT2D eigenvalue weighted by Gasteiger charge is 2.59. The Morgan fingerprint density at radius 2 is 1.50 bits per heavy atom. The molecule has 5 rings (SSSR count). The lowest BCUT2D eigenvalue weighted by atomic mass is 9.85. The van der Waals surface area contributed by atoms with Crippen molar-refractivity contribution in [3.05, 3.63) is 42.0 Å². The van der Waals surface area contributed by atoms with Crippen LogP contribution in [0.3, 0.4) is 0 Å². The fourth-order valence-electron chi connectivity index (χ4n) is 5.75. The van der Waals surface area contributed by atoms with E-state index in [0.717, 1.165) is 19.3 Å². The maximum atomic E-state index is 12.9. The predicted octanol–water partition coefficient (Wildman–Crippen LogP) is 3.40. The Kier molecular flexibility index (Phi) is 4.14. The first-order valence-corrected chi connectivity index (χ1v) is 10.5. The molecule has 3 fully saturated rings. The second-order valence-electron chi connectivity index (χ2n) is 8.77. The molecular formula is C23H26N2O3. The van der Waals surface area contributed by atoms with Crippen LogP contribution in [0, 0.1) is 23.7 Å². The van der Waals surface area contributed by atoms with Crippen LogP contribution in [-0.2, 0) is 9.59 Å². The Hall–Kier alpha value is -2.43. The quantitative estimate of drug-likeness (QED) is 0.598. The van der Waals surface area contributed by atoms with E-state index in [9.17, 15) is 14.4 Å². The third-order valence-corrected chi connectivity index (χ3v) is 7.29. The van der Waals surface area contributed by atoms with Crippen molar-refractivity contribution in [3.8, 4) is 0 Å². The molecule has 5 nitrogen and oxygen atoms in total. The van der Waals surface area contributed by atoms with E-state index in [0.29, 0.717) is 17.3 Å². The number of imide groups is 1. The molecule has 0 aromatic heterocycles. The van der Waals surface area contributed by atoms with Crippen LogP contribution in [0.15, 0.2) is 36.4 Å². The van der Waals surface area contributed by atoms with Gasteiger partial charge in [0.05, 0.1) is 17.5 Å². The molecule has 2 saturated carbocycles. The van der Waals surface area contributed by atoms with Crippen molar-refractivity contribution in [2.45, 2.75) is 44.6 Å². The second kappa shape index (κ2) is 6.57. The zero-order chi connectivity index (χ0) is 19.4. The van der Waals surface area contributed by atoms with Gasteiger partial charge in [0.25, 0.3) is 5.91 Å². The molecule has 2 bridgehead atoms. The molecule has 1 aromatic rings. The van der Waals surface area contributed by atoms with Crippen LogP contribution < -0.4 is 4.90 Å². The summed E-state index contributed by atoms with van der Waals surface area (Å²) in [6.07, 6.45) is 10.9. The lowest BCUT2D eigenvalue weighted by Crippen LogP contribution is -2.38. The maximum Gasteiger partial charge on any atom is 0.253 e. The zero-order valence-electron chi connectivity index (χ0n) is 16.2. The van der Waals surface area contributed by atoms with Gasteiger partial charge in [-0.2, -0.15) is 0 Å². The van der Waals surface area contributed by atoms with Crippen molar-refractivity contribution in [3.63, 3.8) is 0 Å². The van der Waals surface area contributed by atoms with Crippen LogP contribution in [0.2, 0.25) is 0 Å². The molecule has 4 atom stereocenters. The summed E-state index contributed by atoms with van der Waals surface area (Å²) in [5.41, 5.74) is 1.19. The highest BCUT2D eigenvalue weighted by molar-refractivity contribution is 6.22. The van der Waals surface area contributed by atoms with E-state index >= 15 is 0 Å². The number of hydrogen-bond acceptors (Lipinski definition) is 3. The standard InChI is InChI=1S/C23H26N2O3/c1-24(17-5-3-2-4-6-17)21(26)14-9-11-18(12-10-14)25-22(27)19-15-7-8-16(13-15)20(19)23(25)28/h7-12,15-17,19-20H,2-6,13H2,1H3/t15-,16-,19-,20+/m0/s1. The van der Waals surface area contributed by atoms with E-state index in [1.165, 1.54) is 24.2 Å². The van der Waals surface area contributed by atoms with Gasteiger partial charge >= 0.3 is 0 Å². The van der Waals surface area contributed by atoms with Crippen LogP contribution in [0.4, 0.5) is 5.69 Å². The van der Waals surface area contributed by atoms with Gasteiger partial charge in [-0.3, -0.25) is 19.3 Å². The Labute approximate surface area is 165 Å². The maximum absolute atomic E-state index is 12.9. The summed E-state index contributed by atoms with van der Waals surface area (Å²) in [6.45, 7) is 0. The van der Waals surface area contributed by atoms with Crippen LogP contribution in [0.25, 0.3) is 0 Å². The normalized spacial score (nSPS) is 31.5. The molecule has 1 heterocycles. The van der Waals surface area contributed by atoms with E-state index in [1.807, 2.05) is 11.9 Å². The molecule has 4 aliphatic rings. The van der Waals surface area contributed by atoms with E-state index < -0.39 is 0 Å². The number of nitrogens with zero attached hydrogens (tertiary/aromatic N) is 2. The van der Waals surface area contributed by atoms with Crippen LogP contribution >= 0.6 is 0 Å². The Bertz CT molecular complexity index is 823. The molecule has 0 unspecified atom stereocenters. The van der Waals surface area contributed by atoms with Gasteiger partial charge in [-0.15, -0.1) is 0 Å². The van der Waals surface area contributed by atoms with E-state index in [4.69, 9.17) is 0 Å². The van der Waals surface area contributed by atoms with Gasteiger partial charge in [0.2, 0.25) is 11.8 Å². The summed E-state index contributed by atoms with van der Waals surface area (Å²) in [7, 11) is 1.88. The predicted molar refractivity (Wildman–Crippen MR) is 106 cm³/mol. The third kappa shape index (κ3) is 2.55. The van der Waals surface area contributed by atoms with Crippen molar-refractivity contribution in [2.75, 3.05) is 11.9 Å². The first-order valence-electron chi connectivity index (χ1n) is 10.5. The van der Waals surface area contributed by atoms with E-state index in [2.05, 4.69) is 12.2 Å². The number of hydrogen-bond donors (Lipinski definition) is 0. The fraction of sp³-hybridized carbons (Fsp3) is 0.522. The van der Waals surface area contributed by atoms with Crippen molar-refractivity contribution in [1.82, 2.24) is 4.90 Å². The molecule has 1 aromatic carbocycles. The summed E-state index contributed by atoms with van der Waals surface area (Å²) in [4.78, 5) is 41.9. The third-order valence-electron chi connectivity index (χ3n) is 7.29. The number of carbonyl (C=O) groups excluding carboxylic acids is 3. The lowest BCUT2D eigenvalue weighted by molar-refractivity contribution is -0.123. The molecule has 5 heteroatoms. The monoisotopic (exact) mass is 378 g/mol. The average Bonchev–Trinajstić information content (AvgIpc) is 3.41. The molecule has 1 saturated heterocycles. The van der Waals surface area contributed by atoms with Gasteiger partial charge in [0.1, 0.15) is 0 Å². The molecule has 146 valence electrons. The summed E-state index contributed by atoms with van der Waals surface area (Å²) < 4.78 is 0. The van der Waals surface area contributed by atoms with Gasteiger partial charge in [-0.25, -0.2) is 0 Å². The summed E-state index contributed by atoms with van der Waals surface area (Å²) in [5.74, 6) is -0.113. The van der Waals surface area contributed by atoms with Crippen LogP contribution in [0.5, 0.6) is 0 Å². The second-order valence-corrected chi connectivity index (χ2v) is 8.77.